The zero-order valence-electron chi connectivity index (χ0n) is 15.4. The van der Waals surface area contributed by atoms with Crippen molar-refractivity contribution in [3.8, 4) is 0 Å². The topological polar surface area (TPSA) is 52.6 Å². The first-order valence-corrected chi connectivity index (χ1v) is 10.7. The number of guanidine groups is 1. The van der Waals surface area contributed by atoms with Crippen LogP contribution in [0.25, 0.3) is 0 Å². The molecule has 1 aliphatic heterocycles. The number of aryl methyl sites for hydroxylation is 1. The second-order valence-electron chi connectivity index (χ2n) is 6.22. The average Bonchev–Trinajstić information content (AvgIpc) is 3.36. The number of hydrogen-bond acceptors (Lipinski definition) is 5. The molecule has 5 nitrogen and oxygen atoms in total. The van der Waals surface area contributed by atoms with E-state index in [9.17, 15) is 0 Å². The maximum absolute atomic E-state index is 4.70. The largest absolute Gasteiger partial charge is 0.357 e. The van der Waals surface area contributed by atoms with E-state index in [-0.39, 0.29) is 24.0 Å². The van der Waals surface area contributed by atoms with Crippen LogP contribution in [-0.4, -0.2) is 42.0 Å². The van der Waals surface area contributed by atoms with Gasteiger partial charge in [-0.3, -0.25) is 4.90 Å². The number of hydrogen-bond donors (Lipinski definition) is 2. The van der Waals surface area contributed by atoms with Crippen molar-refractivity contribution in [1.29, 1.82) is 0 Å². The molecule has 1 fully saturated rings. The van der Waals surface area contributed by atoms with Crippen LogP contribution in [0.4, 0.5) is 0 Å². The van der Waals surface area contributed by atoms with E-state index < -0.39 is 0 Å². The van der Waals surface area contributed by atoms with Crippen LogP contribution >= 0.6 is 46.7 Å². The summed E-state index contributed by atoms with van der Waals surface area (Å²) in [5.74, 6) is 0.871. The van der Waals surface area contributed by atoms with E-state index in [1.54, 1.807) is 11.3 Å². The maximum atomic E-state index is 4.70. The average molecular weight is 505 g/mol. The van der Waals surface area contributed by atoms with E-state index in [0.29, 0.717) is 12.6 Å². The molecule has 0 bridgehead atoms. The Labute approximate surface area is 181 Å². The third-order valence-electron chi connectivity index (χ3n) is 4.30. The molecule has 0 radical (unpaired) electrons. The molecule has 1 unspecified atom stereocenters. The van der Waals surface area contributed by atoms with Crippen molar-refractivity contribution in [2.24, 2.45) is 4.99 Å². The van der Waals surface area contributed by atoms with E-state index in [1.165, 1.54) is 35.7 Å². The van der Waals surface area contributed by atoms with Crippen LogP contribution in [0.15, 0.2) is 28.7 Å². The Kier molecular flexibility index (Phi) is 9.30. The van der Waals surface area contributed by atoms with Crippen LogP contribution in [0.1, 0.15) is 40.6 Å². The van der Waals surface area contributed by atoms with Crippen molar-refractivity contribution in [1.82, 2.24) is 20.5 Å². The predicted octanol–water partition coefficient (Wildman–Crippen LogP) is 4.02. The zero-order valence-corrected chi connectivity index (χ0v) is 19.4. The Balaban J connectivity index is 0.00000243. The van der Waals surface area contributed by atoms with Gasteiger partial charge in [-0.15, -0.1) is 46.7 Å². The number of nitrogens with zero attached hydrogens (tertiary/aromatic N) is 3. The molecule has 0 spiro atoms. The minimum absolute atomic E-state index is 0. The standard InChI is InChI=1S/C18H27N5S2.HI/c1-3-19-18(22-13-17-20-11-14(2)25-17)21-12-15(16-7-6-10-24-16)23-8-4-5-9-23;/h6-7,10-11,15H,3-5,8-9,12-13H2,1-2H3,(H2,19,21,22);1H. The molecule has 2 N–H and O–H groups in total. The van der Waals surface area contributed by atoms with Gasteiger partial charge in [0.2, 0.25) is 0 Å². The van der Waals surface area contributed by atoms with Gasteiger partial charge < -0.3 is 10.6 Å². The van der Waals surface area contributed by atoms with Gasteiger partial charge in [0, 0.05) is 29.0 Å². The Hall–Kier alpha value is -0.710. The number of thiazole rings is 1. The SMILES string of the molecule is CCNC(=NCc1ncc(C)s1)NCC(c1cccs1)N1CCCC1.I. The van der Waals surface area contributed by atoms with Crippen molar-refractivity contribution in [2.75, 3.05) is 26.2 Å². The van der Waals surface area contributed by atoms with Crippen molar-refractivity contribution in [3.63, 3.8) is 0 Å². The van der Waals surface area contributed by atoms with E-state index >= 15 is 0 Å². The number of rotatable bonds is 7. The highest BCUT2D eigenvalue weighted by Gasteiger charge is 2.24. The lowest BCUT2D eigenvalue weighted by Gasteiger charge is -2.27. The summed E-state index contributed by atoms with van der Waals surface area (Å²) in [5, 5.41) is 10.1. The van der Waals surface area contributed by atoms with E-state index in [1.807, 2.05) is 17.5 Å². The van der Waals surface area contributed by atoms with Crippen LogP contribution in [0, 0.1) is 6.92 Å². The molecule has 8 heteroatoms. The van der Waals surface area contributed by atoms with Crippen LogP contribution < -0.4 is 10.6 Å². The fourth-order valence-electron chi connectivity index (χ4n) is 3.10. The Morgan fingerprint density at radius 1 is 1.35 bits per heavy atom. The molecule has 3 rings (SSSR count). The number of thiophene rings is 1. The first kappa shape index (κ1) is 21.6. The molecular formula is C18H28IN5S2. The summed E-state index contributed by atoms with van der Waals surface area (Å²) in [6.07, 6.45) is 4.52. The number of nitrogens with one attached hydrogen (secondary N) is 2. The van der Waals surface area contributed by atoms with Gasteiger partial charge in [-0.1, -0.05) is 6.07 Å². The van der Waals surface area contributed by atoms with Gasteiger partial charge in [-0.25, -0.2) is 9.98 Å². The summed E-state index contributed by atoms with van der Waals surface area (Å²) >= 11 is 3.56. The summed E-state index contributed by atoms with van der Waals surface area (Å²) in [7, 11) is 0. The zero-order chi connectivity index (χ0) is 17.5. The smallest absolute Gasteiger partial charge is 0.191 e. The van der Waals surface area contributed by atoms with Crippen molar-refractivity contribution >= 4 is 52.6 Å². The molecule has 0 amide bonds. The van der Waals surface area contributed by atoms with Gasteiger partial charge in [0.15, 0.2) is 5.96 Å². The number of likely N-dealkylation sites (tertiary alicyclic amines) is 1. The highest BCUT2D eigenvalue weighted by Crippen LogP contribution is 2.27. The monoisotopic (exact) mass is 505 g/mol. The molecule has 0 aliphatic carbocycles. The highest BCUT2D eigenvalue weighted by atomic mass is 127. The lowest BCUT2D eigenvalue weighted by molar-refractivity contribution is 0.249. The van der Waals surface area contributed by atoms with Gasteiger partial charge in [-0.05, 0) is 51.2 Å². The number of aliphatic imine (C=N–C) groups is 1. The first-order valence-electron chi connectivity index (χ1n) is 8.97. The predicted molar refractivity (Wildman–Crippen MR) is 123 cm³/mol. The van der Waals surface area contributed by atoms with Crippen LogP contribution in [0.3, 0.4) is 0 Å². The Bertz CT molecular complexity index is 665. The lowest BCUT2D eigenvalue weighted by Crippen LogP contribution is -2.42. The molecule has 1 saturated heterocycles. The summed E-state index contributed by atoms with van der Waals surface area (Å²) in [6.45, 7) is 8.92. The molecule has 3 heterocycles. The summed E-state index contributed by atoms with van der Waals surface area (Å²) in [6, 6.07) is 4.82. The van der Waals surface area contributed by atoms with Gasteiger partial charge in [0.05, 0.1) is 12.6 Å². The molecule has 144 valence electrons. The summed E-state index contributed by atoms with van der Waals surface area (Å²) in [4.78, 5) is 14.4. The lowest BCUT2D eigenvalue weighted by atomic mass is 10.2. The minimum Gasteiger partial charge on any atom is -0.357 e. The van der Waals surface area contributed by atoms with E-state index in [2.05, 4.69) is 51.9 Å². The van der Waals surface area contributed by atoms with Crippen LogP contribution in [0.2, 0.25) is 0 Å². The van der Waals surface area contributed by atoms with Crippen molar-refractivity contribution in [3.05, 3.63) is 38.5 Å². The third-order valence-corrected chi connectivity index (χ3v) is 6.17. The maximum Gasteiger partial charge on any atom is 0.191 e. The van der Waals surface area contributed by atoms with E-state index in [0.717, 1.165) is 24.1 Å². The molecule has 1 aliphatic rings. The van der Waals surface area contributed by atoms with Crippen molar-refractivity contribution < 1.29 is 0 Å². The molecule has 0 aromatic carbocycles. The number of halogens is 1. The van der Waals surface area contributed by atoms with Gasteiger partial charge in [0.25, 0.3) is 0 Å². The fourth-order valence-corrected chi connectivity index (χ4v) is 4.67. The van der Waals surface area contributed by atoms with Gasteiger partial charge in [0.1, 0.15) is 5.01 Å². The summed E-state index contributed by atoms with van der Waals surface area (Å²) in [5.41, 5.74) is 0. The Morgan fingerprint density at radius 3 is 2.77 bits per heavy atom. The van der Waals surface area contributed by atoms with Gasteiger partial charge >= 0.3 is 0 Å². The Morgan fingerprint density at radius 2 is 2.15 bits per heavy atom. The fraction of sp³-hybridized carbons (Fsp3) is 0.556. The second-order valence-corrected chi connectivity index (χ2v) is 8.51. The molecule has 26 heavy (non-hydrogen) atoms. The van der Waals surface area contributed by atoms with Crippen LogP contribution in [0.5, 0.6) is 0 Å². The van der Waals surface area contributed by atoms with Crippen molar-refractivity contribution in [2.45, 2.75) is 39.3 Å². The summed E-state index contributed by atoms with van der Waals surface area (Å²) < 4.78 is 0. The highest BCUT2D eigenvalue weighted by molar-refractivity contribution is 14.0. The molecule has 2 aromatic heterocycles. The minimum atomic E-state index is 0. The number of aromatic nitrogens is 1. The normalized spacial score (nSPS) is 16.3. The third kappa shape index (κ3) is 6.17. The quantitative estimate of drug-likeness (QED) is 0.339. The molecule has 2 aromatic rings. The molecule has 1 atom stereocenters. The van der Waals surface area contributed by atoms with Crippen LogP contribution in [-0.2, 0) is 6.54 Å². The van der Waals surface area contributed by atoms with Gasteiger partial charge in [-0.2, -0.15) is 0 Å². The molecular weight excluding hydrogens is 477 g/mol. The molecule has 0 saturated carbocycles. The second kappa shape index (κ2) is 11.2. The van der Waals surface area contributed by atoms with E-state index in [4.69, 9.17) is 4.99 Å². The first-order chi connectivity index (χ1) is 12.3.